The van der Waals surface area contributed by atoms with Gasteiger partial charge in [0.25, 0.3) is 0 Å². The molecule has 2 nitrogen and oxygen atoms in total. The Bertz CT molecular complexity index is 815. The minimum absolute atomic E-state index is 0.137. The Hall–Kier alpha value is -1.41. The zero-order valence-corrected chi connectivity index (χ0v) is 16.0. The van der Waals surface area contributed by atoms with E-state index < -0.39 is 0 Å². The first-order valence-electron chi connectivity index (χ1n) is 10.9. The van der Waals surface area contributed by atoms with E-state index in [9.17, 15) is 5.11 Å². The Kier molecular flexibility index (Phi) is 3.48. The topological polar surface area (TPSA) is 33.1 Å². The Morgan fingerprint density at radius 1 is 1.15 bits per heavy atom. The van der Waals surface area contributed by atoms with Crippen LogP contribution in [0.2, 0.25) is 0 Å². The zero-order chi connectivity index (χ0) is 18.8. The van der Waals surface area contributed by atoms with Crippen LogP contribution in [0.3, 0.4) is 0 Å². The fourth-order valence-electron chi connectivity index (χ4n) is 7.01. The van der Waals surface area contributed by atoms with E-state index >= 15 is 0 Å². The van der Waals surface area contributed by atoms with Crippen LogP contribution in [0, 0.1) is 28.6 Å². The number of nitrogens with zero attached hydrogens (tertiary/aromatic N) is 1. The molecule has 1 aromatic rings. The second kappa shape index (κ2) is 5.79. The Labute approximate surface area is 158 Å². The van der Waals surface area contributed by atoms with Crippen LogP contribution >= 0.6 is 0 Å². The number of aliphatic hydroxyl groups excluding tert-OH is 1. The Morgan fingerprint density at radius 2 is 2.00 bits per heavy atom. The summed E-state index contributed by atoms with van der Waals surface area (Å²) in [4.78, 5) is 4.36. The van der Waals surface area contributed by atoms with Gasteiger partial charge in [-0.05, 0) is 90.7 Å². The van der Waals surface area contributed by atoms with Crippen LogP contribution in [-0.2, 0) is 0 Å². The highest BCUT2D eigenvalue weighted by Gasteiger charge is 2.56. The van der Waals surface area contributed by atoms with Gasteiger partial charge in [0.15, 0.2) is 0 Å². The normalized spacial score (nSPS) is 45.3. The maximum absolute atomic E-state index is 10.2. The Balaban J connectivity index is 1.51. The van der Waals surface area contributed by atoms with Gasteiger partial charge in [0.2, 0.25) is 0 Å². The third-order valence-corrected chi connectivity index (χ3v) is 8.49. The van der Waals surface area contributed by atoms with Crippen molar-refractivity contribution >= 4 is 5.57 Å². The molecule has 4 aliphatic rings. The predicted octanol–water partition coefficient (Wildman–Crippen LogP) is 5.40. The summed E-state index contributed by atoms with van der Waals surface area (Å²) in [6, 6.07) is 5.10. The number of fused-ring (bicyclic) bond motifs is 5. The van der Waals surface area contributed by atoms with Gasteiger partial charge in [0, 0.05) is 12.4 Å². The molecular weight excluding hydrogens is 318 g/mol. The number of allylic oxidation sites excluding steroid dienone is 3. The minimum atomic E-state index is -0.232. The molecule has 0 radical (unpaired) electrons. The first kappa shape index (κ1) is 15.6. The molecule has 5 rings (SSSR count). The quantitative estimate of drug-likeness (QED) is 0.688. The van der Waals surface area contributed by atoms with Gasteiger partial charge in [-0.2, -0.15) is 0 Å². The molecule has 2 fully saturated rings. The predicted molar refractivity (Wildman–Crippen MR) is 105 cm³/mol. The molecule has 0 saturated heterocycles. The lowest BCUT2D eigenvalue weighted by Crippen LogP contribution is -2.49. The van der Waals surface area contributed by atoms with Crippen molar-refractivity contribution in [2.75, 3.05) is 0 Å². The van der Waals surface area contributed by atoms with Gasteiger partial charge in [-0.1, -0.05) is 37.6 Å². The number of hydrogen-bond donors (Lipinski definition) is 1. The molecular formula is C24H31NO. The average Bonchev–Trinajstić information content (AvgIpc) is 3.01. The summed E-state index contributed by atoms with van der Waals surface area (Å²) in [6.45, 7) is 4.88. The van der Waals surface area contributed by atoms with Gasteiger partial charge in [-0.25, -0.2) is 0 Å². The Morgan fingerprint density at radius 3 is 2.81 bits per heavy atom. The van der Waals surface area contributed by atoms with Gasteiger partial charge in [-0.3, -0.25) is 4.98 Å². The standard InChI is InChI=1S/C24H31NO/c1-23-11-9-18(26)14-17(23)5-6-19-21-8-7-20(16-4-3-13-25-15-16)24(21,2)12-10-22(19)23/h3-5,7,13,15,18-19,21-22,26H,6,8-12,14H2,1-2H3/t18-,19?,21?,22?,23-,24+/m0/s1/i5D. The molecule has 0 bridgehead atoms. The number of hydrogen-bond acceptors (Lipinski definition) is 2. The monoisotopic (exact) mass is 350 g/mol. The van der Waals surface area contributed by atoms with Crippen molar-refractivity contribution < 1.29 is 6.48 Å². The third-order valence-electron chi connectivity index (χ3n) is 8.49. The SMILES string of the molecule is [2H]C1=C2C[C@@H](O)CC[C@]2(C)C2CC[C@]3(C)C(c4cccnc4)=CCC3C2C1. The highest BCUT2D eigenvalue weighted by molar-refractivity contribution is 5.72. The average molecular weight is 351 g/mol. The number of aromatic nitrogens is 1. The summed E-state index contributed by atoms with van der Waals surface area (Å²) >= 11 is 0. The second-order valence-corrected chi connectivity index (χ2v) is 9.60. The number of pyridine rings is 1. The van der Waals surface area contributed by atoms with Crippen molar-refractivity contribution in [1.29, 1.82) is 0 Å². The lowest BCUT2D eigenvalue weighted by molar-refractivity contribution is -0.0238. The van der Waals surface area contributed by atoms with Crippen LogP contribution in [0.5, 0.6) is 0 Å². The molecule has 3 unspecified atom stereocenters. The first-order valence-corrected chi connectivity index (χ1v) is 10.4. The van der Waals surface area contributed by atoms with Crippen LogP contribution < -0.4 is 0 Å². The van der Waals surface area contributed by atoms with Gasteiger partial charge in [-0.15, -0.1) is 0 Å². The summed E-state index contributed by atoms with van der Waals surface area (Å²) in [5.41, 5.74) is 4.41. The smallest absolute Gasteiger partial charge is 0.0577 e. The molecule has 1 heterocycles. The maximum atomic E-state index is 10.2. The number of rotatable bonds is 1. The minimum Gasteiger partial charge on any atom is -0.393 e. The van der Waals surface area contributed by atoms with E-state index in [1.807, 2.05) is 18.5 Å². The largest absolute Gasteiger partial charge is 0.393 e. The van der Waals surface area contributed by atoms with Crippen molar-refractivity contribution in [3.63, 3.8) is 0 Å². The van der Waals surface area contributed by atoms with Crippen LogP contribution in [-0.4, -0.2) is 16.2 Å². The molecule has 0 aromatic carbocycles. The van der Waals surface area contributed by atoms with Crippen molar-refractivity contribution in [2.45, 2.75) is 64.9 Å². The van der Waals surface area contributed by atoms with E-state index in [1.165, 1.54) is 29.6 Å². The van der Waals surface area contributed by atoms with Crippen molar-refractivity contribution in [3.05, 3.63) is 47.8 Å². The molecule has 138 valence electrons. The van der Waals surface area contributed by atoms with E-state index in [2.05, 4.69) is 31.0 Å². The van der Waals surface area contributed by atoms with Crippen molar-refractivity contribution in [2.24, 2.45) is 28.6 Å². The van der Waals surface area contributed by atoms with Gasteiger partial charge in [0.05, 0.1) is 7.47 Å². The summed E-state index contributed by atoms with van der Waals surface area (Å²) < 4.78 is 8.81. The lowest BCUT2D eigenvalue weighted by atomic mass is 9.47. The molecule has 4 aliphatic carbocycles. The molecule has 0 spiro atoms. The molecule has 2 saturated carbocycles. The van der Waals surface area contributed by atoms with E-state index in [4.69, 9.17) is 1.37 Å². The molecule has 6 atom stereocenters. The zero-order valence-electron chi connectivity index (χ0n) is 17.0. The molecule has 1 aromatic heterocycles. The van der Waals surface area contributed by atoms with Crippen molar-refractivity contribution in [3.8, 4) is 0 Å². The fourth-order valence-corrected chi connectivity index (χ4v) is 7.01. The highest BCUT2D eigenvalue weighted by atomic mass is 16.3. The molecule has 0 amide bonds. The van der Waals surface area contributed by atoms with Gasteiger partial charge in [0.1, 0.15) is 0 Å². The second-order valence-electron chi connectivity index (χ2n) is 9.60. The maximum Gasteiger partial charge on any atom is 0.0577 e. The summed E-state index contributed by atoms with van der Waals surface area (Å²) in [6.07, 6.45) is 13.3. The molecule has 1 N–H and O–H groups in total. The third kappa shape index (κ3) is 2.24. The van der Waals surface area contributed by atoms with E-state index in [1.54, 1.807) is 0 Å². The molecule has 26 heavy (non-hydrogen) atoms. The van der Waals surface area contributed by atoms with Crippen LogP contribution in [0.4, 0.5) is 0 Å². The van der Waals surface area contributed by atoms with Crippen molar-refractivity contribution in [1.82, 2.24) is 4.98 Å². The van der Waals surface area contributed by atoms with E-state index in [0.717, 1.165) is 38.2 Å². The summed E-state index contributed by atoms with van der Waals surface area (Å²) in [5, 5.41) is 10.2. The van der Waals surface area contributed by atoms with Crippen LogP contribution in [0.25, 0.3) is 5.57 Å². The summed E-state index contributed by atoms with van der Waals surface area (Å²) in [5.74, 6) is 1.91. The first-order chi connectivity index (χ1) is 12.9. The van der Waals surface area contributed by atoms with Gasteiger partial charge >= 0.3 is 0 Å². The molecule has 0 aliphatic heterocycles. The van der Waals surface area contributed by atoms with E-state index in [-0.39, 0.29) is 16.9 Å². The van der Waals surface area contributed by atoms with Crippen LogP contribution in [0.1, 0.15) is 65.7 Å². The number of aliphatic hydroxyl groups is 1. The van der Waals surface area contributed by atoms with E-state index in [0.29, 0.717) is 17.8 Å². The molecule has 2 heteroatoms. The van der Waals surface area contributed by atoms with Gasteiger partial charge < -0.3 is 5.11 Å². The lowest BCUT2D eigenvalue weighted by Gasteiger charge is -2.57. The fraction of sp³-hybridized carbons (Fsp3) is 0.625. The van der Waals surface area contributed by atoms with Crippen LogP contribution in [0.15, 0.2) is 42.2 Å². The summed E-state index contributed by atoms with van der Waals surface area (Å²) in [7, 11) is 0. The highest BCUT2D eigenvalue weighted by Crippen LogP contribution is 2.66.